The molecular weight excluding hydrogens is 470 g/mol. The number of amides is 1. The zero-order valence-electron chi connectivity index (χ0n) is 22.5. The van der Waals surface area contributed by atoms with Crippen LogP contribution in [-0.4, -0.2) is 52.8 Å². The second kappa shape index (κ2) is 12.3. The zero-order chi connectivity index (χ0) is 27.2. The summed E-state index contributed by atoms with van der Waals surface area (Å²) >= 11 is 0. The number of hydrogen-bond acceptors (Lipinski definition) is 5. The first-order chi connectivity index (χ1) is 17.5. The van der Waals surface area contributed by atoms with Crippen LogP contribution in [0.2, 0.25) is 0 Å². The molecule has 0 heterocycles. The van der Waals surface area contributed by atoms with E-state index in [4.69, 9.17) is 9.47 Å². The van der Waals surface area contributed by atoms with Crippen molar-refractivity contribution in [3.63, 3.8) is 0 Å². The summed E-state index contributed by atoms with van der Waals surface area (Å²) < 4.78 is 11.2. The van der Waals surface area contributed by atoms with Crippen LogP contribution in [0.4, 0.5) is 4.79 Å². The molecule has 2 aromatic rings. The summed E-state index contributed by atoms with van der Waals surface area (Å²) in [5.41, 5.74) is 3.88. The molecule has 0 aliphatic heterocycles. The lowest BCUT2D eigenvalue weighted by atomic mass is 9.97. The highest BCUT2D eigenvalue weighted by atomic mass is 16.6. The van der Waals surface area contributed by atoms with Gasteiger partial charge in [-0.2, -0.15) is 0 Å². The minimum Gasteiger partial charge on any atom is -0.480 e. The Morgan fingerprint density at radius 3 is 2.05 bits per heavy atom. The van der Waals surface area contributed by atoms with Gasteiger partial charge < -0.3 is 14.6 Å². The Morgan fingerprint density at radius 2 is 1.54 bits per heavy atom. The van der Waals surface area contributed by atoms with Crippen LogP contribution in [0.5, 0.6) is 0 Å². The Kier molecular flexibility index (Phi) is 9.35. The monoisotopic (exact) mass is 509 g/mol. The van der Waals surface area contributed by atoms with Crippen LogP contribution in [0.1, 0.15) is 77.3 Å². The number of carbonyl (C=O) groups is 3. The van der Waals surface area contributed by atoms with Gasteiger partial charge in [-0.1, -0.05) is 68.8 Å². The number of unbranched alkanes of at least 4 members (excludes halogenated alkanes) is 1. The van der Waals surface area contributed by atoms with E-state index in [1.165, 1.54) is 4.90 Å². The van der Waals surface area contributed by atoms with E-state index in [0.29, 0.717) is 19.3 Å². The molecule has 1 N–H and O–H groups in total. The molecule has 2 atom stereocenters. The fraction of sp³-hybridized carbons (Fsp3) is 0.500. The summed E-state index contributed by atoms with van der Waals surface area (Å²) in [5.74, 6) is -1.74. The Labute approximate surface area is 219 Å². The minimum absolute atomic E-state index is 0.114. The van der Waals surface area contributed by atoms with Crippen LogP contribution in [-0.2, 0) is 19.1 Å². The van der Waals surface area contributed by atoms with Crippen molar-refractivity contribution in [1.82, 2.24) is 4.90 Å². The highest BCUT2D eigenvalue weighted by molar-refractivity contribution is 5.81. The maximum atomic E-state index is 13.4. The first-order valence-electron chi connectivity index (χ1n) is 13.1. The second-order valence-electron chi connectivity index (χ2n) is 10.7. The van der Waals surface area contributed by atoms with E-state index in [-0.39, 0.29) is 37.4 Å². The molecule has 0 saturated carbocycles. The zero-order valence-corrected chi connectivity index (χ0v) is 22.5. The lowest BCUT2D eigenvalue weighted by molar-refractivity contribution is -0.155. The van der Waals surface area contributed by atoms with E-state index in [1.54, 1.807) is 0 Å². The van der Waals surface area contributed by atoms with E-state index in [0.717, 1.165) is 22.3 Å². The molecule has 0 aromatic heterocycles. The van der Waals surface area contributed by atoms with Crippen LogP contribution in [0, 0.1) is 5.92 Å². The molecule has 0 unspecified atom stereocenters. The van der Waals surface area contributed by atoms with Gasteiger partial charge in [-0.05, 0) is 61.8 Å². The third-order valence-corrected chi connectivity index (χ3v) is 6.79. The van der Waals surface area contributed by atoms with E-state index in [9.17, 15) is 19.5 Å². The van der Waals surface area contributed by atoms with Gasteiger partial charge in [-0.3, -0.25) is 9.69 Å². The number of carboxylic acid groups (broad SMARTS) is 1. The number of nitrogens with zero attached hydrogens (tertiary/aromatic N) is 1. The lowest BCUT2D eigenvalue weighted by Crippen LogP contribution is -2.49. The predicted octanol–water partition coefficient (Wildman–Crippen LogP) is 6.25. The van der Waals surface area contributed by atoms with Crippen molar-refractivity contribution in [3.8, 4) is 11.1 Å². The van der Waals surface area contributed by atoms with E-state index in [2.05, 4.69) is 12.1 Å². The number of esters is 1. The van der Waals surface area contributed by atoms with Gasteiger partial charge in [0.1, 0.15) is 18.2 Å². The van der Waals surface area contributed by atoms with Gasteiger partial charge in [0.15, 0.2) is 0 Å². The lowest BCUT2D eigenvalue weighted by Gasteiger charge is -2.32. The third kappa shape index (κ3) is 7.12. The van der Waals surface area contributed by atoms with Crippen molar-refractivity contribution < 1.29 is 29.0 Å². The number of fused-ring (bicyclic) bond motifs is 3. The van der Waals surface area contributed by atoms with Gasteiger partial charge in [0.2, 0.25) is 0 Å². The normalized spacial score (nSPS) is 14.3. The summed E-state index contributed by atoms with van der Waals surface area (Å²) in [6.45, 7) is 9.46. The molecule has 200 valence electrons. The molecule has 7 heteroatoms. The van der Waals surface area contributed by atoms with Crippen LogP contribution in [0.25, 0.3) is 11.1 Å². The molecule has 2 aromatic carbocycles. The standard InChI is InChI=1S/C30H39NO6/c1-6-20(2)27(28(33)34)31(18-12-11-17-26(32)37-30(3,4)5)29(35)36-19-25-23-15-9-7-13-21(23)22-14-8-10-16-24(22)25/h7-10,13-16,20,25,27H,6,11-12,17-19H2,1-5H3,(H,33,34)/t20-,27-/m0/s1. The van der Waals surface area contributed by atoms with Gasteiger partial charge in [0, 0.05) is 18.9 Å². The summed E-state index contributed by atoms with van der Waals surface area (Å²) in [7, 11) is 0. The summed E-state index contributed by atoms with van der Waals surface area (Å²) in [5, 5.41) is 9.98. The smallest absolute Gasteiger partial charge is 0.410 e. The Hall–Kier alpha value is -3.35. The molecule has 0 bridgehead atoms. The van der Waals surface area contributed by atoms with Crippen molar-refractivity contribution in [2.24, 2.45) is 5.92 Å². The van der Waals surface area contributed by atoms with Crippen LogP contribution in [0.15, 0.2) is 48.5 Å². The molecule has 1 aliphatic carbocycles. The van der Waals surface area contributed by atoms with Crippen molar-refractivity contribution in [1.29, 1.82) is 0 Å². The molecule has 0 saturated heterocycles. The fourth-order valence-corrected chi connectivity index (χ4v) is 4.87. The molecule has 1 amide bonds. The number of aliphatic carboxylic acids is 1. The highest BCUT2D eigenvalue weighted by Gasteiger charge is 2.36. The van der Waals surface area contributed by atoms with Gasteiger partial charge in [-0.25, -0.2) is 9.59 Å². The molecular formula is C30H39NO6. The molecule has 0 fully saturated rings. The van der Waals surface area contributed by atoms with Gasteiger partial charge >= 0.3 is 18.0 Å². The van der Waals surface area contributed by atoms with Gasteiger partial charge in [-0.15, -0.1) is 0 Å². The van der Waals surface area contributed by atoms with Crippen molar-refractivity contribution in [3.05, 3.63) is 59.7 Å². The molecule has 3 rings (SSSR count). The number of carboxylic acids is 1. The Bertz CT molecular complexity index is 1060. The third-order valence-electron chi connectivity index (χ3n) is 6.79. The number of ether oxygens (including phenoxy) is 2. The molecule has 0 spiro atoms. The predicted molar refractivity (Wildman–Crippen MR) is 142 cm³/mol. The highest BCUT2D eigenvalue weighted by Crippen LogP contribution is 2.44. The fourth-order valence-electron chi connectivity index (χ4n) is 4.87. The second-order valence-corrected chi connectivity index (χ2v) is 10.7. The number of carbonyl (C=O) groups excluding carboxylic acids is 2. The average Bonchev–Trinajstić information content (AvgIpc) is 3.16. The molecule has 1 aliphatic rings. The first kappa shape index (κ1) is 28.2. The SMILES string of the molecule is CC[C@H](C)[C@@H](C(=O)O)N(CCCCC(=O)OC(C)(C)C)C(=O)OCC1c2ccccc2-c2ccccc21. The minimum atomic E-state index is -1.06. The summed E-state index contributed by atoms with van der Waals surface area (Å²) in [6, 6.07) is 15.1. The first-order valence-corrected chi connectivity index (χ1v) is 13.1. The van der Waals surface area contributed by atoms with E-state index >= 15 is 0 Å². The maximum absolute atomic E-state index is 13.4. The van der Waals surface area contributed by atoms with Crippen LogP contribution in [0.3, 0.4) is 0 Å². The quantitative estimate of drug-likeness (QED) is 0.284. The number of rotatable bonds is 11. The molecule has 7 nitrogen and oxygen atoms in total. The van der Waals surface area contributed by atoms with Crippen molar-refractivity contribution >= 4 is 18.0 Å². The Morgan fingerprint density at radius 1 is 0.973 bits per heavy atom. The number of hydrogen-bond donors (Lipinski definition) is 1. The maximum Gasteiger partial charge on any atom is 0.410 e. The van der Waals surface area contributed by atoms with Crippen molar-refractivity contribution in [2.45, 2.75) is 77.9 Å². The van der Waals surface area contributed by atoms with Crippen LogP contribution >= 0.6 is 0 Å². The van der Waals surface area contributed by atoms with Crippen molar-refractivity contribution in [2.75, 3.05) is 13.2 Å². The number of benzene rings is 2. The van der Waals surface area contributed by atoms with Gasteiger partial charge in [0.05, 0.1) is 0 Å². The van der Waals surface area contributed by atoms with Crippen LogP contribution < -0.4 is 0 Å². The van der Waals surface area contributed by atoms with E-state index < -0.39 is 23.7 Å². The molecule has 0 radical (unpaired) electrons. The molecule has 37 heavy (non-hydrogen) atoms. The Balaban J connectivity index is 1.71. The van der Waals surface area contributed by atoms with E-state index in [1.807, 2.05) is 71.0 Å². The van der Waals surface area contributed by atoms with Gasteiger partial charge in [0.25, 0.3) is 0 Å². The topological polar surface area (TPSA) is 93.1 Å². The summed E-state index contributed by atoms with van der Waals surface area (Å²) in [4.78, 5) is 38.9. The largest absolute Gasteiger partial charge is 0.480 e. The average molecular weight is 510 g/mol. The summed E-state index contributed by atoms with van der Waals surface area (Å²) in [6.07, 6.45) is 1.10.